The van der Waals surface area contributed by atoms with Crippen LogP contribution in [0.2, 0.25) is 0 Å². The van der Waals surface area contributed by atoms with Crippen LogP contribution in [0.4, 0.5) is 5.69 Å². The number of sulfonamides is 1. The number of aliphatic hydroxyl groups is 2. The molecule has 0 radical (unpaired) electrons. The summed E-state index contributed by atoms with van der Waals surface area (Å²) < 4.78 is 47.7. The van der Waals surface area contributed by atoms with Crippen molar-refractivity contribution < 1.29 is 31.8 Å². The predicted molar refractivity (Wildman–Crippen MR) is 235 cm³/mol. The molecule has 0 aliphatic heterocycles. The number of carbonyl (C=O) groups excluding carboxylic acids is 1. The quantitative estimate of drug-likeness (QED) is 0.103. The first-order valence-electron chi connectivity index (χ1n) is 20.6. The van der Waals surface area contributed by atoms with Gasteiger partial charge in [0.1, 0.15) is 14.2 Å². The molecule has 2 saturated carbocycles. The van der Waals surface area contributed by atoms with Gasteiger partial charge in [0, 0.05) is 21.9 Å². The first-order valence-corrected chi connectivity index (χ1v) is 25.5. The summed E-state index contributed by atoms with van der Waals surface area (Å²) in [4.78, 5) is 14.1. The first kappa shape index (κ1) is 44.6. The SMILES string of the molecule is CC(C)(O)c1ccc(S(=O)(=O)CC(=O)Cc2c(CC3CCC3)ccc3c2CCC3)s1.CC(C)(O)c1ccc(S(N)(=O)=O)s1.Nc1c(CC2CCC2)ccc2c1CCC2. The lowest BCUT2D eigenvalue weighted by molar-refractivity contribution is -0.116. The molecule has 4 aromatic rings. The fourth-order valence-corrected chi connectivity index (χ4v) is 12.7. The van der Waals surface area contributed by atoms with E-state index in [1.165, 1.54) is 110 Å². The van der Waals surface area contributed by atoms with Crippen LogP contribution in [0, 0.1) is 11.8 Å². The number of fused-ring (bicyclic) bond motifs is 2. The molecule has 316 valence electrons. The molecule has 2 fully saturated rings. The molecular formula is C45H60N2O7S4. The number of thiophene rings is 2. The van der Waals surface area contributed by atoms with Crippen molar-refractivity contribution in [2.45, 2.75) is 144 Å². The first-order chi connectivity index (χ1) is 27.2. The van der Waals surface area contributed by atoms with E-state index in [-0.39, 0.29) is 20.6 Å². The number of ketones is 1. The van der Waals surface area contributed by atoms with Crippen molar-refractivity contribution in [1.29, 1.82) is 0 Å². The molecule has 0 saturated heterocycles. The van der Waals surface area contributed by atoms with Crippen LogP contribution in [0.15, 0.2) is 56.9 Å². The lowest BCUT2D eigenvalue weighted by Gasteiger charge is -2.27. The number of nitrogen functional groups attached to an aromatic ring is 1. The van der Waals surface area contributed by atoms with Crippen LogP contribution in [-0.4, -0.2) is 38.6 Å². The maximum Gasteiger partial charge on any atom is 0.247 e. The minimum Gasteiger partial charge on any atom is -0.398 e. The van der Waals surface area contributed by atoms with Crippen molar-refractivity contribution >= 4 is 54.0 Å². The fraction of sp³-hybridized carbons (Fsp3) is 0.533. The number of nitrogens with two attached hydrogens (primary N) is 2. The maximum absolute atomic E-state index is 12.9. The minimum absolute atomic E-state index is 0.0737. The van der Waals surface area contributed by atoms with E-state index in [9.17, 15) is 31.8 Å². The zero-order valence-electron chi connectivity index (χ0n) is 34.3. The van der Waals surface area contributed by atoms with Crippen molar-refractivity contribution in [3.05, 3.63) is 97.2 Å². The lowest BCUT2D eigenvalue weighted by atomic mass is 9.79. The van der Waals surface area contributed by atoms with Gasteiger partial charge in [-0.3, -0.25) is 4.79 Å². The maximum atomic E-state index is 12.9. The van der Waals surface area contributed by atoms with E-state index in [1.54, 1.807) is 39.8 Å². The Hall–Kier alpha value is -2.91. The van der Waals surface area contributed by atoms with E-state index in [1.807, 2.05) is 0 Å². The van der Waals surface area contributed by atoms with Gasteiger partial charge in [-0.2, -0.15) is 0 Å². The zero-order chi connectivity index (χ0) is 42.0. The van der Waals surface area contributed by atoms with Gasteiger partial charge in [-0.1, -0.05) is 62.8 Å². The third-order valence-corrected chi connectivity index (χ3v) is 18.6. The van der Waals surface area contributed by atoms with Crippen LogP contribution >= 0.6 is 22.7 Å². The Morgan fingerprint density at radius 1 is 0.672 bits per heavy atom. The van der Waals surface area contributed by atoms with Crippen LogP contribution in [0.1, 0.15) is 128 Å². The summed E-state index contributed by atoms with van der Waals surface area (Å²) in [5.74, 6) is 0.897. The molecule has 8 rings (SSSR count). The molecule has 13 heteroatoms. The van der Waals surface area contributed by atoms with Gasteiger partial charge in [-0.25, -0.2) is 22.0 Å². The molecule has 0 amide bonds. The smallest absolute Gasteiger partial charge is 0.247 e. The van der Waals surface area contributed by atoms with Crippen molar-refractivity contribution in [3.63, 3.8) is 0 Å². The molecular weight excluding hydrogens is 809 g/mol. The number of hydrogen-bond acceptors (Lipinski definition) is 10. The number of carbonyl (C=O) groups is 1. The van der Waals surface area contributed by atoms with E-state index in [0.29, 0.717) is 15.7 Å². The Morgan fingerprint density at radius 3 is 1.64 bits per heavy atom. The van der Waals surface area contributed by atoms with E-state index in [2.05, 4.69) is 24.3 Å². The molecule has 0 bridgehead atoms. The third kappa shape index (κ3) is 11.1. The summed E-state index contributed by atoms with van der Waals surface area (Å²) in [5.41, 5.74) is 14.6. The molecule has 2 heterocycles. The Morgan fingerprint density at radius 2 is 1.16 bits per heavy atom. The number of Topliss-reactive ketones (excluding diaryl/α,β-unsaturated/α-hetero) is 1. The van der Waals surface area contributed by atoms with Crippen molar-refractivity contribution in [1.82, 2.24) is 0 Å². The normalized spacial score (nSPS) is 16.9. The van der Waals surface area contributed by atoms with Crippen LogP contribution in [0.25, 0.3) is 0 Å². The highest BCUT2D eigenvalue weighted by Crippen LogP contribution is 2.37. The zero-order valence-corrected chi connectivity index (χ0v) is 37.6. The molecule has 0 atom stereocenters. The van der Waals surface area contributed by atoms with Crippen LogP contribution in [0.3, 0.4) is 0 Å². The van der Waals surface area contributed by atoms with E-state index >= 15 is 0 Å². The van der Waals surface area contributed by atoms with E-state index < -0.39 is 36.8 Å². The highest BCUT2D eigenvalue weighted by atomic mass is 32.2. The van der Waals surface area contributed by atoms with Crippen LogP contribution in [-0.2, 0) is 80.8 Å². The minimum atomic E-state index is -3.70. The third-order valence-electron chi connectivity index (χ3n) is 12.1. The Kier molecular flexibility index (Phi) is 13.8. The molecule has 58 heavy (non-hydrogen) atoms. The summed E-state index contributed by atoms with van der Waals surface area (Å²) in [6.45, 7) is 6.43. The lowest BCUT2D eigenvalue weighted by Crippen LogP contribution is -2.20. The summed E-state index contributed by atoms with van der Waals surface area (Å²) in [6, 6.07) is 15.1. The van der Waals surface area contributed by atoms with Gasteiger partial charge in [0.2, 0.25) is 10.0 Å². The number of aryl methyl sites for hydroxylation is 2. The highest BCUT2D eigenvalue weighted by Gasteiger charge is 2.29. The Bertz CT molecular complexity index is 2320. The van der Waals surface area contributed by atoms with Crippen molar-refractivity contribution in [2.75, 3.05) is 11.5 Å². The summed E-state index contributed by atoms with van der Waals surface area (Å²) in [6.07, 6.45) is 17.4. The second-order valence-corrected chi connectivity index (χ2v) is 23.9. The second kappa shape index (κ2) is 18.0. The summed E-state index contributed by atoms with van der Waals surface area (Å²) in [5, 5.41) is 24.6. The molecule has 4 aliphatic carbocycles. The monoisotopic (exact) mass is 868 g/mol. The number of rotatable bonds is 12. The number of anilines is 1. The number of primary sulfonamides is 1. The summed E-state index contributed by atoms with van der Waals surface area (Å²) >= 11 is 2.03. The molecule has 0 spiro atoms. The molecule has 2 aromatic heterocycles. The van der Waals surface area contributed by atoms with Gasteiger partial charge in [0.15, 0.2) is 15.6 Å². The van der Waals surface area contributed by atoms with Gasteiger partial charge in [0.05, 0.1) is 11.2 Å². The highest BCUT2D eigenvalue weighted by molar-refractivity contribution is 7.94. The average molecular weight is 869 g/mol. The number of benzene rings is 2. The molecule has 4 aliphatic rings. The fourth-order valence-electron chi connectivity index (χ4n) is 8.29. The largest absolute Gasteiger partial charge is 0.398 e. The Balaban J connectivity index is 0.000000168. The van der Waals surface area contributed by atoms with Crippen molar-refractivity contribution in [3.8, 4) is 0 Å². The van der Waals surface area contributed by atoms with Gasteiger partial charge in [0.25, 0.3) is 0 Å². The number of hydrogen-bond donors (Lipinski definition) is 4. The summed E-state index contributed by atoms with van der Waals surface area (Å²) in [7, 11) is -7.34. The molecule has 2 aromatic carbocycles. The topological polar surface area (TPSA) is 178 Å². The van der Waals surface area contributed by atoms with Gasteiger partial charge < -0.3 is 15.9 Å². The average Bonchev–Trinajstić information content (AvgIpc) is 3.91. The standard InChI is InChI=1S/C24H30O4S2.C14H19N.C7H11NO3S2/c1-24(2,26)22-11-12-23(29-22)30(27,28)15-19(25)14-21-18(13-16-5-3-6-16)10-9-17-7-4-8-20(17)21;15-14-12(9-10-3-1-4-10)8-7-11-5-2-6-13(11)14;1-7(2,9)5-3-4-6(12-5)13(8,10)11/h9-12,16,26H,3-8,13-15H2,1-2H3;7-8,10H,1-6,9,15H2;3-4,9H,1-2H3,(H2,8,10,11). The van der Waals surface area contributed by atoms with E-state index in [4.69, 9.17) is 10.9 Å². The van der Waals surface area contributed by atoms with Crippen LogP contribution in [0.5, 0.6) is 0 Å². The van der Waals surface area contributed by atoms with Crippen molar-refractivity contribution in [2.24, 2.45) is 17.0 Å². The molecule has 9 nitrogen and oxygen atoms in total. The van der Waals surface area contributed by atoms with Gasteiger partial charge in [-0.15, -0.1) is 22.7 Å². The molecule has 6 N–H and O–H groups in total. The number of sulfone groups is 1. The van der Waals surface area contributed by atoms with Crippen LogP contribution < -0.4 is 10.9 Å². The predicted octanol–water partition coefficient (Wildman–Crippen LogP) is 8.12. The van der Waals surface area contributed by atoms with Gasteiger partial charge >= 0.3 is 0 Å². The second-order valence-electron chi connectivity index (χ2n) is 17.7. The Labute approximate surface area is 353 Å². The van der Waals surface area contributed by atoms with E-state index in [0.717, 1.165) is 65.5 Å². The molecule has 0 unspecified atom stereocenters. The van der Waals surface area contributed by atoms with Gasteiger partial charge in [-0.05, 0) is 154 Å².